The molecule has 0 aliphatic carbocycles. The molecule has 0 amide bonds. The molecule has 0 bridgehead atoms. The number of aromatic nitrogens is 6. The summed E-state index contributed by atoms with van der Waals surface area (Å²) < 4.78 is 1.70. The lowest BCUT2D eigenvalue weighted by Gasteiger charge is -2.44. The van der Waals surface area contributed by atoms with Gasteiger partial charge < -0.3 is 4.90 Å². The monoisotopic (exact) mass is 296 g/mol. The van der Waals surface area contributed by atoms with Gasteiger partial charge in [0, 0.05) is 31.5 Å². The predicted octanol–water partition coefficient (Wildman–Crippen LogP) is 0.235. The Labute approximate surface area is 127 Å². The molecule has 1 fully saturated rings. The van der Waals surface area contributed by atoms with Crippen LogP contribution in [0.4, 0.5) is 5.82 Å². The highest BCUT2D eigenvalue weighted by Crippen LogP contribution is 2.21. The van der Waals surface area contributed by atoms with Crippen LogP contribution in [0, 0.1) is 0 Å². The van der Waals surface area contributed by atoms with Crippen molar-refractivity contribution in [2.45, 2.75) is 12.6 Å². The fourth-order valence-corrected chi connectivity index (χ4v) is 2.57. The molecule has 1 aliphatic rings. The zero-order valence-electron chi connectivity index (χ0n) is 12.2. The van der Waals surface area contributed by atoms with E-state index in [1.807, 2.05) is 18.2 Å². The maximum atomic E-state index is 4.51. The SMILES string of the molecule is CN(Cc1ncccn1)C1CN(c2ccc3nncn3n2)C1. The molecule has 0 atom stereocenters. The molecule has 1 saturated heterocycles. The number of likely N-dealkylation sites (N-methyl/N-ethyl adjacent to an activating group) is 1. The first kappa shape index (κ1) is 13.1. The molecular formula is C14H16N8. The summed E-state index contributed by atoms with van der Waals surface area (Å²) in [5.74, 6) is 1.81. The van der Waals surface area contributed by atoms with E-state index in [1.54, 1.807) is 23.2 Å². The molecule has 8 nitrogen and oxygen atoms in total. The minimum Gasteiger partial charge on any atom is -0.352 e. The van der Waals surface area contributed by atoms with Crippen molar-refractivity contribution >= 4 is 11.5 Å². The van der Waals surface area contributed by atoms with E-state index in [-0.39, 0.29) is 0 Å². The Morgan fingerprint density at radius 2 is 2.05 bits per heavy atom. The molecule has 0 spiro atoms. The Hall–Kier alpha value is -2.61. The van der Waals surface area contributed by atoms with Crippen molar-refractivity contribution in [3.8, 4) is 0 Å². The number of rotatable bonds is 4. The van der Waals surface area contributed by atoms with Gasteiger partial charge in [0.25, 0.3) is 0 Å². The summed E-state index contributed by atoms with van der Waals surface area (Å²) >= 11 is 0. The number of fused-ring (bicyclic) bond motifs is 1. The van der Waals surface area contributed by atoms with E-state index in [9.17, 15) is 0 Å². The molecule has 3 aromatic rings. The van der Waals surface area contributed by atoms with Crippen LogP contribution in [0.1, 0.15) is 5.82 Å². The average Bonchev–Trinajstić information content (AvgIpc) is 2.94. The van der Waals surface area contributed by atoms with E-state index in [2.05, 4.69) is 42.1 Å². The first-order valence-corrected chi connectivity index (χ1v) is 7.18. The van der Waals surface area contributed by atoms with Gasteiger partial charge in [-0.2, -0.15) is 4.52 Å². The number of hydrogen-bond donors (Lipinski definition) is 0. The lowest BCUT2D eigenvalue weighted by molar-refractivity contribution is 0.192. The van der Waals surface area contributed by atoms with Crippen LogP contribution in [0.15, 0.2) is 36.9 Å². The number of hydrogen-bond acceptors (Lipinski definition) is 7. The molecule has 4 rings (SSSR count). The quantitative estimate of drug-likeness (QED) is 0.682. The third kappa shape index (κ3) is 2.37. The van der Waals surface area contributed by atoms with Crippen molar-refractivity contribution in [1.82, 2.24) is 34.7 Å². The van der Waals surface area contributed by atoms with E-state index in [0.717, 1.165) is 36.9 Å². The van der Waals surface area contributed by atoms with Gasteiger partial charge in [-0.15, -0.1) is 15.3 Å². The van der Waals surface area contributed by atoms with Crippen LogP contribution in [0.3, 0.4) is 0 Å². The summed E-state index contributed by atoms with van der Waals surface area (Å²) in [6.45, 7) is 2.66. The maximum Gasteiger partial charge on any atom is 0.177 e. The molecule has 4 heterocycles. The molecular weight excluding hydrogens is 280 g/mol. The van der Waals surface area contributed by atoms with Gasteiger partial charge in [0.2, 0.25) is 0 Å². The van der Waals surface area contributed by atoms with Crippen LogP contribution in [0.25, 0.3) is 5.65 Å². The summed E-state index contributed by atoms with van der Waals surface area (Å²) in [4.78, 5) is 13.1. The van der Waals surface area contributed by atoms with Gasteiger partial charge in [-0.3, -0.25) is 4.90 Å². The van der Waals surface area contributed by atoms with Crippen LogP contribution in [-0.4, -0.2) is 60.9 Å². The Balaban J connectivity index is 1.38. The Kier molecular flexibility index (Phi) is 3.15. The van der Waals surface area contributed by atoms with Crippen LogP contribution in [0.5, 0.6) is 0 Å². The normalized spacial score (nSPS) is 15.5. The van der Waals surface area contributed by atoms with E-state index < -0.39 is 0 Å². The Bertz CT molecular complexity index is 765. The van der Waals surface area contributed by atoms with E-state index in [0.29, 0.717) is 6.04 Å². The first-order chi connectivity index (χ1) is 10.8. The summed E-state index contributed by atoms with van der Waals surface area (Å²) in [5, 5.41) is 12.3. The molecule has 0 radical (unpaired) electrons. The van der Waals surface area contributed by atoms with Crippen molar-refractivity contribution in [2.24, 2.45) is 0 Å². The zero-order chi connectivity index (χ0) is 14.9. The Morgan fingerprint density at radius 3 is 2.86 bits per heavy atom. The Morgan fingerprint density at radius 1 is 1.23 bits per heavy atom. The van der Waals surface area contributed by atoms with Crippen molar-refractivity contribution in [3.05, 3.63) is 42.7 Å². The fraction of sp³-hybridized carbons (Fsp3) is 0.357. The van der Waals surface area contributed by atoms with Gasteiger partial charge >= 0.3 is 0 Å². The molecule has 0 N–H and O–H groups in total. The zero-order valence-corrected chi connectivity index (χ0v) is 12.2. The number of nitrogens with zero attached hydrogens (tertiary/aromatic N) is 8. The molecule has 22 heavy (non-hydrogen) atoms. The average molecular weight is 296 g/mol. The fourth-order valence-electron chi connectivity index (χ4n) is 2.57. The van der Waals surface area contributed by atoms with Crippen LogP contribution in [0.2, 0.25) is 0 Å². The van der Waals surface area contributed by atoms with E-state index in [4.69, 9.17) is 0 Å². The molecule has 0 unspecified atom stereocenters. The van der Waals surface area contributed by atoms with Crippen LogP contribution >= 0.6 is 0 Å². The maximum absolute atomic E-state index is 4.51. The lowest BCUT2D eigenvalue weighted by atomic mass is 10.1. The first-order valence-electron chi connectivity index (χ1n) is 7.18. The second-order valence-electron chi connectivity index (χ2n) is 5.46. The third-order valence-corrected chi connectivity index (χ3v) is 3.97. The highest BCUT2D eigenvalue weighted by molar-refractivity contribution is 5.47. The summed E-state index contributed by atoms with van der Waals surface area (Å²) in [5.41, 5.74) is 0.763. The van der Waals surface area contributed by atoms with Gasteiger partial charge in [0.05, 0.1) is 6.54 Å². The van der Waals surface area contributed by atoms with Crippen LogP contribution in [-0.2, 0) is 6.54 Å². The standard InChI is InChI=1S/C14H16N8/c1-20(9-12-15-5-2-6-16-12)11-7-21(8-11)14-4-3-13-18-17-10-22(13)19-14/h2-6,10-11H,7-9H2,1H3. The minimum atomic E-state index is 0.488. The molecule has 0 saturated carbocycles. The molecule has 8 heteroatoms. The van der Waals surface area contributed by atoms with Crippen molar-refractivity contribution in [1.29, 1.82) is 0 Å². The van der Waals surface area contributed by atoms with Gasteiger partial charge in [0.15, 0.2) is 5.65 Å². The smallest absolute Gasteiger partial charge is 0.177 e. The van der Waals surface area contributed by atoms with Crippen molar-refractivity contribution in [3.63, 3.8) is 0 Å². The third-order valence-electron chi connectivity index (χ3n) is 3.97. The molecule has 112 valence electrons. The molecule has 3 aromatic heterocycles. The second-order valence-corrected chi connectivity index (χ2v) is 5.46. The van der Waals surface area contributed by atoms with Gasteiger partial charge in [-0.25, -0.2) is 9.97 Å². The summed E-state index contributed by atoms with van der Waals surface area (Å²) in [7, 11) is 2.11. The highest BCUT2D eigenvalue weighted by Gasteiger charge is 2.31. The van der Waals surface area contributed by atoms with Gasteiger partial charge in [-0.1, -0.05) is 0 Å². The largest absolute Gasteiger partial charge is 0.352 e. The van der Waals surface area contributed by atoms with Crippen LogP contribution < -0.4 is 4.90 Å². The lowest BCUT2D eigenvalue weighted by Crippen LogP contribution is -2.58. The summed E-state index contributed by atoms with van der Waals surface area (Å²) in [6.07, 6.45) is 5.18. The molecule has 0 aromatic carbocycles. The second kappa shape index (κ2) is 5.30. The predicted molar refractivity (Wildman–Crippen MR) is 80.3 cm³/mol. The van der Waals surface area contributed by atoms with E-state index in [1.165, 1.54) is 0 Å². The minimum absolute atomic E-state index is 0.488. The van der Waals surface area contributed by atoms with Crippen molar-refractivity contribution in [2.75, 3.05) is 25.0 Å². The molecule has 1 aliphatic heterocycles. The van der Waals surface area contributed by atoms with Crippen molar-refractivity contribution < 1.29 is 0 Å². The van der Waals surface area contributed by atoms with Gasteiger partial charge in [0.1, 0.15) is 18.0 Å². The number of anilines is 1. The van der Waals surface area contributed by atoms with E-state index >= 15 is 0 Å². The summed E-state index contributed by atoms with van der Waals surface area (Å²) in [6, 6.07) is 6.24. The highest BCUT2D eigenvalue weighted by atomic mass is 15.4. The van der Waals surface area contributed by atoms with Gasteiger partial charge in [-0.05, 0) is 25.2 Å². The topological polar surface area (TPSA) is 75.3 Å².